The molecule has 1 aromatic heterocycles. The lowest BCUT2D eigenvalue weighted by Gasteiger charge is -2.41. The predicted octanol–water partition coefficient (Wildman–Crippen LogP) is 18.5. The lowest BCUT2D eigenvalue weighted by molar-refractivity contribution is 0.433. The largest absolute Gasteiger partial charge is 0.457 e. The molecule has 4 aliphatic rings. The molecule has 0 amide bonds. The van der Waals surface area contributed by atoms with Crippen LogP contribution in [0.15, 0.2) is 217 Å². The maximum absolute atomic E-state index is 7.07. The molecule has 0 radical (unpaired) electrons. The number of ether oxygens (including phenoxy) is 1. The number of rotatable bonds is 3. The van der Waals surface area contributed by atoms with Crippen molar-refractivity contribution in [2.75, 3.05) is 4.90 Å². The molecular formula is C70H53NO2. The predicted molar refractivity (Wildman–Crippen MR) is 299 cm³/mol. The molecule has 2 heterocycles. The van der Waals surface area contributed by atoms with Crippen molar-refractivity contribution in [1.29, 1.82) is 0 Å². The Morgan fingerprint density at radius 3 is 1.42 bits per heavy atom. The van der Waals surface area contributed by atoms with Gasteiger partial charge in [-0.15, -0.1) is 0 Å². The van der Waals surface area contributed by atoms with Crippen LogP contribution in [0, 0.1) is 0 Å². The van der Waals surface area contributed by atoms with Gasteiger partial charge in [0.25, 0.3) is 0 Å². The fourth-order valence-electron chi connectivity index (χ4n) is 13.6. The van der Waals surface area contributed by atoms with E-state index in [2.05, 4.69) is 259 Å². The molecule has 0 bridgehead atoms. The first-order chi connectivity index (χ1) is 35.5. The van der Waals surface area contributed by atoms with Gasteiger partial charge in [-0.3, -0.25) is 0 Å². The van der Waals surface area contributed by atoms with Gasteiger partial charge in [0.15, 0.2) is 5.58 Å². The molecule has 0 N–H and O–H groups in total. The standard InChI is InChI=1S/C70H53NO2/c1-67(2,3)42-33-37-63-58(39-42)70(59-40-43(68(4,5)6)34-38-64(59)72-63)55-28-15-10-23-51(55)65-56(70)29-18-30-60(65)71(61-31-17-24-50-49-22-11-16-32-62(49)73-66(50)61)44-35-36-48-47-21-9-14-27-54(47)69(57(48)41-44)52-25-12-7-19-45(52)46-20-8-13-26-53(46)69/h7-41H,1-6H3. The van der Waals surface area contributed by atoms with E-state index in [0.29, 0.717) is 0 Å². The number of furan rings is 1. The molecule has 3 aliphatic carbocycles. The molecular weight excluding hydrogens is 887 g/mol. The Bertz CT molecular complexity index is 4040. The van der Waals surface area contributed by atoms with E-state index in [4.69, 9.17) is 9.15 Å². The third kappa shape index (κ3) is 5.49. The molecule has 15 rings (SSSR count). The van der Waals surface area contributed by atoms with Crippen molar-refractivity contribution in [1.82, 2.24) is 0 Å². The Labute approximate surface area is 427 Å². The first kappa shape index (κ1) is 42.3. The summed E-state index contributed by atoms with van der Waals surface area (Å²) >= 11 is 0. The minimum absolute atomic E-state index is 0.0977. The van der Waals surface area contributed by atoms with Crippen LogP contribution >= 0.6 is 0 Å². The van der Waals surface area contributed by atoms with E-state index in [9.17, 15) is 0 Å². The average molecular weight is 940 g/mol. The number of benzene rings is 10. The third-order valence-corrected chi connectivity index (χ3v) is 16.9. The molecule has 0 saturated heterocycles. The summed E-state index contributed by atoms with van der Waals surface area (Å²) in [5.74, 6) is 1.78. The van der Waals surface area contributed by atoms with Crippen molar-refractivity contribution >= 4 is 39.0 Å². The molecule has 11 aromatic rings. The zero-order valence-corrected chi connectivity index (χ0v) is 42.0. The first-order valence-electron chi connectivity index (χ1n) is 25.8. The topological polar surface area (TPSA) is 25.6 Å². The van der Waals surface area contributed by atoms with Gasteiger partial charge in [-0.25, -0.2) is 0 Å². The number of fused-ring (bicyclic) bond motifs is 22. The Balaban J connectivity index is 1.07. The van der Waals surface area contributed by atoms with E-state index >= 15 is 0 Å². The van der Waals surface area contributed by atoms with Gasteiger partial charge < -0.3 is 14.1 Å². The SMILES string of the molecule is CC(C)(C)c1ccc2c(c1)C1(c3cc(C(C)(C)C)ccc3O2)c2ccccc2-c2c(N(c3ccc4c(c3)C3(c5ccccc5-c5ccccc53)c3ccccc3-4)c3cccc4c3oc3ccccc34)cccc21. The zero-order chi connectivity index (χ0) is 49.2. The Kier molecular flexibility index (Phi) is 8.47. The molecule has 2 spiro atoms. The van der Waals surface area contributed by atoms with E-state index in [1.165, 1.54) is 89.0 Å². The van der Waals surface area contributed by atoms with E-state index in [1.54, 1.807) is 0 Å². The molecule has 350 valence electrons. The molecule has 10 aromatic carbocycles. The van der Waals surface area contributed by atoms with Crippen LogP contribution in [0.1, 0.15) is 97.2 Å². The summed E-state index contributed by atoms with van der Waals surface area (Å²) in [6.45, 7) is 13.9. The van der Waals surface area contributed by atoms with Crippen molar-refractivity contribution in [3.05, 3.63) is 268 Å². The van der Waals surface area contributed by atoms with Crippen molar-refractivity contribution in [2.24, 2.45) is 0 Å². The summed E-state index contributed by atoms with van der Waals surface area (Å²) in [4.78, 5) is 2.52. The summed E-state index contributed by atoms with van der Waals surface area (Å²) in [6, 6.07) is 79.6. The molecule has 73 heavy (non-hydrogen) atoms. The van der Waals surface area contributed by atoms with Gasteiger partial charge in [0.1, 0.15) is 17.1 Å². The van der Waals surface area contributed by atoms with Crippen LogP contribution in [0.5, 0.6) is 11.5 Å². The summed E-state index contributed by atoms with van der Waals surface area (Å²) < 4.78 is 14.1. The molecule has 0 saturated carbocycles. The van der Waals surface area contributed by atoms with E-state index in [-0.39, 0.29) is 10.8 Å². The van der Waals surface area contributed by atoms with Crippen LogP contribution in [0.4, 0.5) is 17.1 Å². The highest BCUT2D eigenvalue weighted by Crippen LogP contribution is 2.67. The van der Waals surface area contributed by atoms with Crippen LogP contribution < -0.4 is 9.64 Å². The highest BCUT2D eigenvalue weighted by atomic mass is 16.5. The van der Waals surface area contributed by atoms with Gasteiger partial charge in [0, 0.05) is 33.2 Å². The van der Waals surface area contributed by atoms with Gasteiger partial charge in [-0.2, -0.15) is 0 Å². The third-order valence-electron chi connectivity index (χ3n) is 16.9. The molecule has 3 heteroatoms. The monoisotopic (exact) mass is 939 g/mol. The molecule has 0 atom stereocenters. The minimum atomic E-state index is -0.703. The Hall–Kier alpha value is -8.40. The highest BCUT2D eigenvalue weighted by Gasteiger charge is 2.54. The summed E-state index contributed by atoms with van der Waals surface area (Å²) in [6.07, 6.45) is 0. The fraction of sp³-hybridized carbons (Fsp3) is 0.143. The fourth-order valence-corrected chi connectivity index (χ4v) is 13.6. The molecule has 0 fully saturated rings. The van der Waals surface area contributed by atoms with Crippen molar-refractivity contribution < 1.29 is 9.15 Å². The highest BCUT2D eigenvalue weighted by molar-refractivity contribution is 6.11. The second-order valence-corrected chi connectivity index (χ2v) is 22.7. The number of para-hydroxylation sites is 2. The lowest BCUT2D eigenvalue weighted by atomic mass is 9.64. The zero-order valence-electron chi connectivity index (χ0n) is 42.0. The van der Waals surface area contributed by atoms with Gasteiger partial charge >= 0.3 is 0 Å². The quantitative estimate of drug-likeness (QED) is 0.176. The maximum Gasteiger partial charge on any atom is 0.159 e. The van der Waals surface area contributed by atoms with Crippen molar-refractivity contribution in [3.63, 3.8) is 0 Å². The number of anilines is 3. The second-order valence-electron chi connectivity index (χ2n) is 22.7. The van der Waals surface area contributed by atoms with Crippen LogP contribution in [-0.2, 0) is 21.7 Å². The van der Waals surface area contributed by atoms with Crippen LogP contribution in [0.3, 0.4) is 0 Å². The second kappa shape index (κ2) is 14.6. The van der Waals surface area contributed by atoms with Gasteiger partial charge in [0.2, 0.25) is 0 Å². The van der Waals surface area contributed by atoms with E-state index < -0.39 is 10.8 Å². The lowest BCUT2D eigenvalue weighted by Crippen LogP contribution is -2.33. The Morgan fingerprint density at radius 1 is 0.356 bits per heavy atom. The molecule has 0 unspecified atom stereocenters. The summed E-state index contributed by atoms with van der Waals surface area (Å²) in [5.41, 5.74) is 23.6. The normalized spacial score (nSPS) is 14.8. The van der Waals surface area contributed by atoms with Crippen LogP contribution in [0.25, 0.3) is 55.3 Å². The van der Waals surface area contributed by atoms with Gasteiger partial charge in [0.05, 0.1) is 22.2 Å². The van der Waals surface area contributed by atoms with E-state index in [1.807, 2.05) is 0 Å². The number of nitrogens with zero attached hydrogens (tertiary/aromatic N) is 1. The summed E-state index contributed by atoms with van der Waals surface area (Å²) in [5, 5.41) is 2.19. The van der Waals surface area contributed by atoms with Gasteiger partial charge in [-0.05, 0) is 138 Å². The van der Waals surface area contributed by atoms with Crippen LogP contribution in [-0.4, -0.2) is 0 Å². The van der Waals surface area contributed by atoms with Crippen molar-refractivity contribution in [2.45, 2.75) is 63.2 Å². The molecule has 1 aliphatic heterocycles. The molecule has 3 nitrogen and oxygen atoms in total. The first-order valence-corrected chi connectivity index (χ1v) is 25.8. The van der Waals surface area contributed by atoms with Crippen LogP contribution in [0.2, 0.25) is 0 Å². The number of hydrogen-bond acceptors (Lipinski definition) is 3. The van der Waals surface area contributed by atoms with Gasteiger partial charge in [-0.1, -0.05) is 199 Å². The smallest absolute Gasteiger partial charge is 0.159 e. The number of hydrogen-bond donors (Lipinski definition) is 0. The summed E-state index contributed by atoms with van der Waals surface area (Å²) in [7, 11) is 0. The Morgan fingerprint density at radius 2 is 0.822 bits per heavy atom. The van der Waals surface area contributed by atoms with E-state index in [0.717, 1.165) is 50.5 Å². The maximum atomic E-state index is 7.07. The average Bonchev–Trinajstić information content (AvgIpc) is 4.14. The van der Waals surface area contributed by atoms with Crippen molar-refractivity contribution in [3.8, 4) is 44.9 Å². The minimum Gasteiger partial charge on any atom is -0.457 e.